The van der Waals surface area contributed by atoms with E-state index in [1.165, 1.54) is 0 Å². The first-order chi connectivity index (χ1) is 9.67. The van der Waals surface area contributed by atoms with E-state index in [1.54, 1.807) is 0 Å². The van der Waals surface area contributed by atoms with Gasteiger partial charge in [-0.15, -0.1) is 0 Å². The quantitative estimate of drug-likeness (QED) is 0.494. The van der Waals surface area contributed by atoms with Gasteiger partial charge in [0.1, 0.15) is 10.6 Å². The molecular weight excluding hydrogens is 360 g/mol. The van der Waals surface area contributed by atoms with Gasteiger partial charge < -0.3 is 0 Å². The van der Waals surface area contributed by atoms with Gasteiger partial charge in [0.2, 0.25) is 0 Å². The molecule has 0 aliphatic heterocycles. The third-order valence-electron chi connectivity index (χ3n) is 2.40. The SMILES string of the molecule is CS(=O)(=O)c1cccc(N([N+](=O)[O-])S(C)(=O)=O)c1S(C)(=O)=O. The van der Waals surface area contributed by atoms with Crippen LogP contribution in [0.2, 0.25) is 0 Å². The van der Waals surface area contributed by atoms with Gasteiger partial charge in [-0.25, -0.2) is 35.4 Å². The van der Waals surface area contributed by atoms with Crippen LogP contribution in [0, 0.1) is 10.1 Å². The molecular formula is C9H12N2O8S3. The highest BCUT2D eigenvalue weighted by molar-refractivity contribution is 7.94. The number of benzene rings is 1. The molecule has 13 heteroatoms. The minimum atomic E-state index is -4.49. The fraction of sp³-hybridized carbons (Fsp3) is 0.333. The Kier molecular flexibility index (Phi) is 4.56. The summed E-state index contributed by atoms with van der Waals surface area (Å²) >= 11 is 0. The summed E-state index contributed by atoms with van der Waals surface area (Å²) in [5, 5.41) is 9.65. The van der Waals surface area contributed by atoms with Crippen molar-refractivity contribution in [3.05, 3.63) is 28.3 Å². The molecule has 0 unspecified atom stereocenters. The average Bonchev–Trinajstić information content (AvgIpc) is 2.23. The van der Waals surface area contributed by atoms with E-state index in [0.717, 1.165) is 18.2 Å². The fourth-order valence-corrected chi connectivity index (χ4v) is 5.16. The number of sulfone groups is 2. The summed E-state index contributed by atoms with van der Waals surface area (Å²) in [4.78, 5) is 9.33. The third kappa shape index (κ3) is 3.72. The van der Waals surface area contributed by atoms with Crippen molar-refractivity contribution >= 4 is 35.4 Å². The van der Waals surface area contributed by atoms with E-state index in [4.69, 9.17) is 0 Å². The van der Waals surface area contributed by atoms with E-state index >= 15 is 0 Å². The van der Waals surface area contributed by atoms with Crippen molar-refractivity contribution in [2.75, 3.05) is 23.2 Å². The average molecular weight is 372 g/mol. The van der Waals surface area contributed by atoms with Crippen LogP contribution in [0.1, 0.15) is 0 Å². The van der Waals surface area contributed by atoms with Crippen LogP contribution in [0.4, 0.5) is 5.69 Å². The Bertz CT molecular complexity index is 931. The van der Waals surface area contributed by atoms with E-state index in [1.807, 2.05) is 0 Å². The topological polar surface area (TPSA) is 149 Å². The van der Waals surface area contributed by atoms with Crippen LogP contribution in [0.25, 0.3) is 0 Å². The van der Waals surface area contributed by atoms with Gasteiger partial charge in [-0.3, -0.25) is 0 Å². The van der Waals surface area contributed by atoms with E-state index in [2.05, 4.69) is 0 Å². The molecule has 1 rings (SSSR count). The lowest BCUT2D eigenvalue weighted by molar-refractivity contribution is -0.474. The molecule has 0 bridgehead atoms. The fourth-order valence-electron chi connectivity index (χ4n) is 1.71. The Morgan fingerprint density at radius 3 is 1.77 bits per heavy atom. The van der Waals surface area contributed by atoms with Gasteiger partial charge in [0, 0.05) is 16.9 Å². The van der Waals surface area contributed by atoms with E-state index < -0.39 is 50.2 Å². The lowest BCUT2D eigenvalue weighted by Gasteiger charge is -2.16. The molecule has 0 saturated heterocycles. The van der Waals surface area contributed by atoms with Crippen LogP contribution in [0.5, 0.6) is 0 Å². The highest BCUT2D eigenvalue weighted by Crippen LogP contribution is 2.32. The summed E-state index contributed by atoms with van der Waals surface area (Å²) in [5.74, 6) is 0. The molecule has 10 nitrogen and oxygen atoms in total. The van der Waals surface area contributed by atoms with Crippen molar-refractivity contribution in [3.8, 4) is 0 Å². The van der Waals surface area contributed by atoms with Crippen LogP contribution in [0.15, 0.2) is 28.0 Å². The van der Waals surface area contributed by atoms with E-state index in [0.29, 0.717) is 18.8 Å². The molecule has 22 heavy (non-hydrogen) atoms. The third-order valence-corrected chi connectivity index (χ3v) is 5.79. The Hall–Kier alpha value is -1.73. The van der Waals surface area contributed by atoms with Crippen molar-refractivity contribution < 1.29 is 30.3 Å². The van der Waals surface area contributed by atoms with Gasteiger partial charge in [-0.2, -0.15) is 0 Å². The molecule has 0 spiro atoms. The molecule has 1 aromatic rings. The standard InChI is InChI=1S/C9H12N2O8S3/c1-20(14,15)8-6-4-5-7(9(8)21(2,16)17)10(11(12)13)22(3,18)19/h4-6H,1-3H3. The first-order valence-corrected chi connectivity index (χ1v) is 11.0. The molecule has 0 fully saturated rings. The van der Waals surface area contributed by atoms with Crippen LogP contribution < -0.4 is 4.41 Å². The molecule has 0 N–H and O–H groups in total. The molecule has 0 aromatic heterocycles. The number of nitro groups is 1. The lowest BCUT2D eigenvalue weighted by Crippen LogP contribution is -2.36. The van der Waals surface area contributed by atoms with Crippen LogP contribution in [0.3, 0.4) is 0 Å². The van der Waals surface area contributed by atoms with E-state index in [9.17, 15) is 35.4 Å². The zero-order valence-electron chi connectivity index (χ0n) is 11.6. The van der Waals surface area contributed by atoms with Crippen molar-refractivity contribution in [2.45, 2.75) is 9.79 Å². The molecule has 0 heterocycles. The Labute approximate surface area is 127 Å². The maximum atomic E-state index is 11.9. The van der Waals surface area contributed by atoms with Gasteiger partial charge in [-0.05, 0) is 12.1 Å². The van der Waals surface area contributed by atoms with Crippen LogP contribution in [-0.4, -0.2) is 49.1 Å². The zero-order chi connectivity index (χ0) is 17.5. The Morgan fingerprint density at radius 1 is 0.955 bits per heavy atom. The number of hydrogen-bond donors (Lipinski definition) is 0. The predicted molar refractivity (Wildman–Crippen MR) is 77.0 cm³/mol. The molecule has 124 valence electrons. The van der Waals surface area contributed by atoms with Crippen LogP contribution >= 0.6 is 0 Å². The maximum Gasteiger partial charge on any atom is 0.286 e. The van der Waals surface area contributed by atoms with Crippen molar-refractivity contribution in [3.63, 3.8) is 0 Å². The number of hydrazine groups is 1. The lowest BCUT2D eigenvalue weighted by atomic mass is 10.3. The Morgan fingerprint density at radius 2 is 1.45 bits per heavy atom. The number of hydrogen-bond acceptors (Lipinski definition) is 8. The smallest absolute Gasteiger partial charge is 0.233 e. The van der Waals surface area contributed by atoms with Gasteiger partial charge >= 0.3 is 0 Å². The van der Waals surface area contributed by atoms with E-state index in [-0.39, 0.29) is 4.41 Å². The Balaban J connectivity index is 4.05. The maximum absolute atomic E-state index is 11.9. The van der Waals surface area contributed by atoms with Gasteiger partial charge in [-0.1, -0.05) is 6.07 Å². The number of anilines is 1. The molecule has 1 aromatic carbocycles. The highest BCUT2D eigenvalue weighted by atomic mass is 32.2. The first kappa shape index (κ1) is 18.3. The minimum absolute atomic E-state index is 0.377. The second kappa shape index (κ2) is 5.48. The summed E-state index contributed by atoms with van der Waals surface area (Å²) in [6.45, 7) is 0. The van der Waals surface area contributed by atoms with Gasteiger partial charge in [0.15, 0.2) is 24.7 Å². The second-order valence-electron chi connectivity index (χ2n) is 4.39. The summed E-state index contributed by atoms with van der Waals surface area (Å²) in [6, 6.07) is 2.78. The number of rotatable bonds is 5. The molecule has 0 saturated carbocycles. The van der Waals surface area contributed by atoms with Crippen molar-refractivity contribution in [2.24, 2.45) is 0 Å². The number of nitrogens with zero attached hydrogens (tertiary/aromatic N) is 2. The molecule has 0 aliphatic rings. The molecule has 0 aliphatic carbocycles. The normalized spacial score (nSPS) is 12.9. The second-order valence-corrected chi connectivity index (χ2v) is 10.1. The van der Waals surface area contributed by atoms with Crippen LogP contribution in [-0.2, 0) is 29.7 Å². The zero-order valence-corrected chi connectivity index (χ0v) is 14.1. The summed E-state index contributed by atoms with van der Waals surface area (Å²) in [7, 11) is -12.8. The molecule has 0 amide bonds. The minimum Gasteiger partial charge on any atom is -0.233 e. The highest BCUT2D eigenvalue weighted by Gasteiger charge is 2.36. The molecule has 0 atom stereocenters. The summed E-state index contributed by atoms with van der Waals surface area (Å²) in [5.41, 5.74) is -0.863. The summed E-state index contributed by atoms with van der Waals surface area (Å²) in [6.07, 6.45) is 1.83. The molecule has 0 radical (unpaired) electrons. The first-order valence-electron chi connectivity index (χ1n) is 5.35. The largest absolute Gasteiger partial charge is 0.286 e. The monoisotopic (exact) mass is 372 g/mol. The van der Waals surface area contributed by atoms with Gasteiger partial charge in [0.25, 0.3) is 10.0 Å². The number of sulfonamides is 1. The van der Waals surface area contributed by atoms with Gasteiger partial charge in [0.05, 0.1) is 11.2 Å². The summed E-state index contributed by atoms with van der Waals surface area (Å²) < 4.78 is 69.8. The van der Waals surface area contributed by atoms with Crippen molar-refractivity contribution in [1.82, 2.24) is 0 Å². The van der Waals surface area contributed by atoms with Crippen molar-refractivity contribution in [1.29, 1.82) is 0 Å². The predicted octanol–water partition coefficient (Wildman–Crippen LogP) is -0.549.